The third-order valence-electron chi connectivity index (χ3n) is 1.21. The molecule has 7 heteroatoms. The van der Waals surface area contributed by atoms with E-state index in [-0.39, 0.29) is 70.2 Å². The van der Waals surface area contributed by atoms with Crippen LogP contribution in [-0.4, -0.2) is 82.7 Å². The first-order valence-electron chi connectivity index (χ1n) is 3.70. The monoisotopic (exact) mass is 247 g/mol. The average molecular weight is 247 g/mol. The number of hydrogen-bond donors (Lipinski definition) is 1. The molecule has 0 atom stereocenters. The SMILES string of the molecule is C=CC(=O)OCCCCS(=O)(=O)O.[K]. The molecule has 0 unspecified atom stereocenters. The van der Waals surface area contributed by atoms with E-state index < -0.39 is 16.1 Å². The molecule has 1 radical (unpaired) electrons. The van der Waals surface area contributed by atoms with E-state index in [0.29, 0.717) is 6.42 Å². The van der Waals surface area contributed by atoms with Crippen molar-refractivity contribution in [2.45, 2.75) is 12.8 Å². The summed E-state index contributed by atoms with van der Waals surface area (Å²) < 4.78 is 33.3. The molecule has 0 aromatic rings. The maximum absolute atomic E-state index is 10.5. The Labute approximate surface area is 126 Å². The second-order valence-corrected chi connectivity index (χ2v) is 3.94. The predicted molar refractivity (Wildman–Crippen MR) is 52.6 cm³/mol. The number of hydrogen-bond acceptors (Lipinski definition) is 4. The van der Waals surface area contributed by atoms with E-state index in [0.717, 1.165) is 6.08 Å². The zero-order valence-electron chi connectivity index (χ0n) is 8.10. The number of ether oxygens (including phenoxy) is 1. The molecule has 0 saturated heterocycles. The van der Waals surface area contributed by atoms with E-state index in [9.17, 15) is 13.2 Å². The molecule has 0 amide bonds. The molecule has 0 saturated carbocycles. The summed E-state index contributed by atoms with van der Waals surface area (Å²) in [5, 5.41) is 0. The van der Waals surface area contributed by atoms with Gasteiger partial charge in [-0.2, -0.15) is 8.42 Å². The van der Waals surface area contributed by atoms with Crippen LogP contribution in [0.2, 0.25) is 0 Å². The Morgan fingerprint density at radius 3 is 2.43 bits per heavy atom. The Bertz CT molecular complexity index is 272. The van der Waals surface area contributed by atoms with Crippen LogP contribution in [0, 0.1) is 0 Å². The molecule has 0 aliphatic carbocycles. The molecule has 0 heterocycles. The van der Waals surface area contributed by atoms with Gasteiger partial charge in [-0.1, -0.05) is 6.58 Å². The van der Waals surface area contributed by atoms with Crippen molar-refractivity contribution in [3.63, 3.8) is 0 Å². The first-order chi connectivity index (χ1) is 5.95. The molecular formula is C7H12KO5S. The molecule has 0 aliphatic rings. The zero-order valence-corrected chi connectivity index (χ0v) is 12.0. The van der Waals surface area contributed by atoms with Crippen LogP contribution in [0.3, 0.4) is 0 Å². The summed E-state index contributed by atoms with van der Waals surface area (Å²) >= 11 is 0. The maximum Gasteiger partial charge on any atom is 0.330 e. The fraction of sp³-hybridized carbons (Fsp3) is 0.571. The van der Waals surface area contributed by atoms with Crippen molar-refractivity contribution in [2.24, 2.45) is 0 Å². The van der Waals surface area contributed by atoms with Crippen molar-refractivity contribution >= 4 is 67.5 Å². The van der Waals surface area contributed by atoms with Gasteiger partial charge in [0.2, 0.25) is 0 Å². The minimum atomic E-state index is -3.89. The van der Waals surface area contributed by atoms with E-state index >= 15 is 0 Å². The maximum atomic E-state index is 10.5. The summed E-state index contributed by atoms with van der Waals surface area (Å²) in [5.41, 5.74) is 0. The zero-order chi connectivity index (χ0) is 10.3. The minimum absolute atomic E-state index is 0. The van der Waals surface area contributed by atoms with Gasteiger partial charge in [-0.15, -0.1) is 0 Å². The fourth-order valence-corrected chi connectivity index (χ4v) is 1.19. The average Bonchev–Trinajstić information content (AvgIpc) is 2.01. The van der Waals surface area contributed by atoms with E-state index in [1.165, 1.54) is 0 Å². The number of carbonyl (C=O) groups is 1. The topological polar surface area (TPSA) is 80.7 Å². The summed E-state index contributed by atoms with van der Waals surface area (Å²) in [6.07, 6.45) is 1.70. The smallest absolute Gasteiger partial charge is 0.330 e. The molecule has 0 aromatic heterocycles. The van der Waals surface area contributed by atoms with Crippen molar-refractivity contribution in [2.75, 3.05) is 12.4 Å². The van der Waals surface area contributed by atoms with Crippen LogP contribution >= 0.6 is 0 Å². The van der Waals surface area contributed by atoms with Gasteiger partial charge in [-0.25, -0.2) is 4.79 Å². The van der Waals surface area contributed by atoms with Crippen molar-refractivity contribution in [1.82, 2.24) is 0 Å². The van der Waals surface area contributed by atoms with Crippen molar-refractivity contribution in [1.29, 1.82) is 0 Å². The minimum Gasteiger partial charge on any atom is -0.463 e. The van der Waals surface area contributed by atoms with Gasteiger partial charge < -0.3 is 4.74 Å². The number of esters is 1. The van der Waals surface area contributed by atoms with Crippen molar-refractivity contribution in [3.05, 3.63) is 12.7 Å². The van der Waals surface area contributed by atoms with Gasteiger partial charge >= 0.3 is 5.97 Å². The number of rotatable bonds is 6. The Kier molecular flexibility index (Phi) is 11.1. The molecule has 0 fully saturated rings. The van der Waals surface area contributed by atoms with Gasteiger partial charge in [0.1, 0.15) is 0 Å². The van der Waals surface area contributed by atoms with Crippen LogP contribution in [0.25, 0.3) is 0 Å². The molecule has 14 heavy (non-hydrogen) atoms. The van der Waals surface area contributed by atoms with Crippen molar-refractivity contribution < 1.29 is 22.5 Å². The van der Waals surface area contributed by atoms with Crippen LogP contribution < -0.4 is 0 Å². The van der Waals surface area contributed by atoms with Gasteiger partial charge in [0.25, 0.3) is 10.1 Å². The standard InChI is InChI=1S/C7H12O5S.K/c1-2-7(8)12-5-3-4-6-13(9,10)11;/h2H,1,3-6H2,(H,9,10,11);. The van der Waals surface area contributed by atoms with Crippen LogP contribution in [-0.2, 0) is 19.6 Å². The molecule has 77 valence electrons. The molecule has 0 aliphatic heterocycles. The Morgan fingerprint density at radius 1 is 1.43 bits per heavy atom. The largest absolute Gasteiger partial charge is 0.463 e. The van der Waals surface area contributed by atoms with E-state index in [1.54, 1.807) is 0 Å². The van der Waals surface area contributed by atoms with Gasteiger partial charge in [0.15, 0.2) is 0 Å². The van der Waals surface area contributed by atoms with Crippen LogP contribution in [0.1, 0.15) is 12.8 Å². The molecule has 1 N–H and O–H groups in total. The Morgan fingerprint density at radius 2 is 2.00 bits per heavy atom. The second-order valence-electron chi connectivity index (χ2n) is 2.36. The van der Waals surface area contributed by atoms with E-state index in [2.05, 4.69) is 11.3 Å². The van der Waals surface area contributed by atoms with E-state index in [1.807, 2.05) is 0 Å². The summed E-state index contributed by atoms with van der Waals surface area (Å²) in [5.74, 6) is -0.842. The van der Waals surface area contributed by atoms with Crippen LogP contribution in [0.15, 0.2) is 12.7 Å². The van der Waals surface area contributed by atoms with Crippen molar-refractivity contribution in [3.8, 4) is 0 Å². The first kappa shape index (κ1) is 17.2. The van der Waals surface area contributed by atoms with E-state index in [4.69, 9.17) is 4.55 Å². The molecule has 0 rings (SSSR count). The van der Waals surface area contributed by atoms with Gasteiger partial charge in [0.05, 0.1) is 12.4 Å². The number of unbranched alkanes of at least 4 members (excludes halogenated alkanes) is 1. The summed E-state index contributed by atoms with van der Waals surface area (Å²) in [6, 6.07) is 0. The molecular weight excluding hydrogens is 235 g/mol. The van der Waals surface area contributed by atoms with Gasteiger partial charge in [-0.3, -0.25) is 4.55 Å². The third-order valence-corrected chi connectivity index (χ3v) is 2.01. The summed E-state index contributed by atoms with van der Waals surface area (Å²) in [6.45, 7) is 3.33. The summed E-state index contributed by atoms with van der Waals surface area (Å²) in [7, 11) is -3.89. The fourth-order valence-electron chi connectivity index (χ4n) is 0.618. The molecule has 5 nitrogen and oxygen atoms in total. The second kappa shape index (κ2) is 9.02. The number of carbonyl (C=O) groups excluding carboxylic acids is 1. The van der Waals surface area contributed by atoms with Gasteiger partial charge in [0, 0.05) is 57.5 Å². The molecule has 0 spiro atoms. The third kappa shape index (κ3) is 12.8. The first-order valence-corrected chi connectivity index (χ1v) is 5.31. The van der Waals surface area contributed by atoms with Gasteiger partial charge in [-0.05, 0) is 12.8 Å². The van der Waals surface area contributed by atoms with Crippen LogP contribution in [0.4, 0.5) is 0 Å². The molecule has 0 bridgehead atoms. The molecule has 0 aromatic carbocycles. The Balaban J connectivity index is 0. The normalized spacial score (nSPS) is 10.1. The van der Waals surface area contributed by atoms with Crippen LogP contribution in [0.5, 0.6) is 0 Å². The quantitative estimate of drug-likeness (QED) is 0.235. The summed E-state index contributed by atoms with van der Waals surface area (Å²) in [4.78, 5) is 10.5. The Hall–Kier alpha value is 0.756. The predicted octanol–water partition coefficient (Wildman–Crippen LogP) is 0.00280.